The average molecular weight is 231 g/mol. The molecule has 1 aromatic rings. The molecule has 0 radical (unpaired) electrons. The van der Waals surface area contributed by atoms with Crippen LogP contribution in [0.3, 0.4) is 0 Å². The molecule has 1 heterocycles. The molecule has 1 atom stereocenters. The van der Waals surface area contributed by atoms with Gasteiger partial charge in [0.15, 0.2) is 0 Å². The molecule has 15 heavy (non-hydrogen) atoms. The Bertz CT molecular complexity index is 369. The summed E-state index contributed by atoms with van der Waals surface area (Å²) in [4.78, 5) is 0. The molecule has 0 fully saturated rings. The fourth-order valence-electron chi connectivity index (χ4n) is 1.26. The van der Waals surface area contributed by atoms with Gasteiger partial charge in [0.2, 0.25) is 10.0 Å². The van der Waals surface area contributed by atoms with Crippen LogP contribution in [0.4, 0.5) is 0 Å². The quantitative estimate of drug-likeness (QED) is 0.815. The van der Waals surface area contributed by atoms with E-state index in [2.05, 4.69) is 4.72 Å². The highest BCUT2D eigenvalue weighted by molar-refractivity contribution is 7.89. The molecule has 1 N–H and O–H groups in total. The van der Waals surface area contributed by atoms with Crippen molar-refractivity contribution in [2.45, 2.75) is 32.7 Å². The van der Waals surface area contributed by atoms with Crippen LogP contribution in [-0.2, 0) is 10.0 Å². The Labute approximate surface area is 90.7 Å². The van der Waals surface area contributed by atoms with Crippen LogP contribution < -0.4 is 4.72 Å². The van der Waals surface area contributed by atoms with E-state index in [1.54, 1.807) is 19.1 Å². The van der Waals surface area contributed by atoms with Crippen molar-refractivity contribution in [2.24, 2.45) is 0 Å². The van der Waals surface area contributed by atoms with Gasteiger partial charge in [0, 0.05) is 0 Å². The van der Waals surface area contributed by atoms with E-state index in [0.29, 0.717) is 12.2 Å². The van der Waals surface area contributed by atoms with E-state index in [-0.39, 0.29) is 11.8 Å². The summed E-state index contributed by atoms with van der Waals surface area (Å²) in [5, 5.41) is 0. The summed E-state index contributed by atoms with van der Waals surface area (Å²) in [6.45, 7) is 3.73. The van der Waals surface area contributed by atoms with Crippen molar-refractivity contribution >= 4 is 10.0 Å². The molecule has 0 aliphatic carbocycles. The normalized spacial score (nSPS) is 14.0. The second kappa shape index (κ2) is 5.32. The summed E-state index contributed by atoms with van der Waals surface area (Å²) in [7, 11) is -3.18. The largest absolute Gasteiger partial charge is 0.468 e. The van der Waals surface area contributed by atoms with Crippen molar-refractivity contribution in [1.29, 1.82) is 0 Å². The molecule has 5 heteroatoms. The van der Waals surface area contributed by atoms with Crippen LogP contribution in [0.1, 0.15) is 38.5 Å². The summed E-state index contributed by atoms with van der Waals surface area (Å²) in [6.07, 6.45) is 3.09. The SMILES string of the molecule is CCCCS(=O)(=O)NC(C)c1ccco1. The lowest BCUT2D eigenvalue weighted by Gasteiger charge is -2.11. The third-order valence-corrected chi connectivity index (χ3v) is 3.63. The number of sulfonamides is 1. The molecule has 4 nitrogen and oxygen atoms in total. The molecular weight excluding hydrogens is 214 g/mol. The van der Waals surface area contributed by atoms with Gasteiger partial charge in [-0.05, 0) is 25.5 Å². The molecule has 0 bridgehead atoms. The zero-order valence-corrected chi connectivity index (χ0v) is 9.88. The maximum atomic E-state index is 11.5. The lowest BCUT2D eigenvalue weighted by atomic mass is 10.3. The van der Waals surface area contributed by atoms with Gasteiger partial charge in [0.1, 0.15) is 5.76 Å². The summed E-state index contributed by atoms with van der Waals surface area (Å²) in [6, 6.07) is 3.20. The van der Waals surface area contributed by atoms with Crippen LogP contribution in [-0.4, -0.2) is 14.2 Å². The Balaban J connectivity index is 2.54. The van der Waals surface area contributed by atoms with Crippen molar-refractivity contribution in [2.75, 3.05) is 5.75 Å². The molecule has 0 aliphatic rings. The predicted octanol–water partition coefficient (Wildman–Crippen LogP) is 2.06. The van der Waals surface area contributed by atoms with Gasteiger partial charge in [-0.2, -0.15) is 0 Å². The molecule has 0 amide bonds. The highest BCUT2D eigenvalue weighted by Crippen LogP contribution is 2.13. The zero-order chi connectivity index (χ0) is 11.3. The van der Waals surface area contributed by atoms with E-state index in [1.807, 2.05) is 6.92 Å². The molecule has 86 valence electrons. The van der Waals surface area contributed by atoms with Crippen LogP contribution in [0.2, 0.25) is 0 Å². The molecule has 0 spiro atoms. The van der Waals surface area contributed by atoms with Crippen molar-refractivity contribution in [3.63, 3.8) is 0 Å². The van der Waals surface area contributed by atoms with Gasteiger partial charge < -0.3 is 4.42 Å². The maximum Gasteiger partial charge on any atom is 0.212 e. The molecule has 1 aromatic heterocycles. The maximum absolute atomic E-state index is 11.5. The number of unbranched alkanes of at least 4 members (excludes halogenated alkanes) is 1. The molecule has 0 saturated carbocycles. The van der Waals surface area contributed by atoms with Crippen LogP contribution in [0.15, 0.2) is 22.8 Å². The topological polar surface area (TPSA) is 59.3 Å². The van der Waals surface area contributed by atoms with Crippen LogP contribution in [0.25, 0.3) is 0 Å². The van der Waals surface area contributed by atoms with Gasteiger partial charge in [0.25, 0.3) is 0 Å². The highest BCUT2D eigenvalue weighted by atomic mass is 32.2. The Morgan fingerprint density at radius 2 is 2.27 bits per heavy atom. The van der Waals surface area contributed by atoms with Crippen molar-refractivity contribution in [1.82, 2.24) is 4.72 Å². The summed E-state index contributed by atoms with van der Waals surface area (Å²) in [5.74, 6) is 0.809. The summed E-state index contributed by atoms with van der Waals surface area (Å²) >= 11 is 0. The van der Waals surface area contributed by atoms with E-state index < -0.39 is 10.0 Å². The second-order valence-corrected chi connectivity index (χ2v) is 5.40. The van der Waals surface area contributed by atoms with Crippen molar-refractivity contribution < 1.29 is 12.8 Å². The monoisotopic (exact) mass is 231 g/mol. The standard InChI is InChI=1S/C10H17NO3S/c1-3-4-8-15(12,13)11-9(2)10-6-5-7-14-10/h5-7,9,11H,3-4,8H2,1-2H3. The molecule has 0 aromatic carbocycles. The smallest absolute Gasteiger partial charge is 0.212 e. The minimum Gasteiger partial charge on any atom is -0.468 e. The third-order valence-electron chi connectivity index (χ3n) is 2.09. The number of furan rings is 1. The van der Waals surface area contributed by atoms with E-state index >= 15 is 0 Å². The van der Waals surface area contributed by atoms with Crippen molar-refractivity contribution in [3.05, 3.63) is 24.2 Å². The predicted molar refractivity (Wildman–Crippen MR) is 59.0 cm³/mol. The zero-order valence-electron chi connectivity index (χ0n) is 9.06. The number of hydrogen-bond donors (Lipinski definition) is 1. The molecule has 1 rings (SSSR count). The van der Waals surface area contributed by atoms with E-state index in [9.17, 15) is 8.42 Å². The molecular formula is C10H17NO3S. The van der Waals surface area contributed by atoms with Gasteiger partial charge in [-0.25, -0.2) is 13.1 Å². The number of nitrogens with one attached hydrogen (secondary N) is 1. The molecule has 1 unspecified atom stereocenters. The van der Waals surface area contributed by atoms with Crippen molar-refractivity contribution in [3.8, 4) is 0 Å². The van der Waals surface area contributed by atoms with Crippen LogP contribution in [0.5, 0.6) is 0 Å². The Hall–Kier alpha value is -0.810. The Morgan fingerprint density at radius 3 is 2.80 bits per heavy atom. The van der Waals surface area contributed by atoms with Gasteiger partial charge in [-0.1, -0.05) is 13.3 Å². The van der Waals surface area contributed by atoms with Crippen LogP contribution >= 0.6 is 0 Å². The first-order chi connectivity index (χ1) is 7.05. The number of rotatable bonds is 6. The van der Waals surface area contributed by atoms with Crippen LogP contribution in [0, 0.1) is 0 Å². The average Bonchev–Trinajstić information content (AvgIpc) is 2.67. The third kappa shape index (κ3) is 4.05. The van der Waals surface area contributed by atoms with E-state index in [1.165, 1.54) is 6.26 Å². The molecule has 0 saturated heterocycles. The minimum atomic E-state index is -3.18. The first-order valence-corrected chi connectivity index (χ1v) is 6.74. The fraction of sp³-hybridized carbons (Fsp3) is 0.600. The summed E-state index contributed by atoms with van der Waals surface area (Å²) < 4.78 is 30.8. The second-order valence-electron chi connectivity index (χ2n) is 3.53. The van der Waals surface area contributed by atoms with Gasteiger partial charge in [-0.15, -0.1) is 0 Å². The minimum absolute atomic E-state index is 0.175. The first kappa shape index (κ1) is 12.3. The fourth-order valence-corrected chi connectivity index (χ4v) is 2.70. The van der Waals surface area contributed by atoms with E-state index in [0.717, 1.165) is 6.42 Å². The van der Waals surface area contributed by atoms with Gasteiger partial charge in [0.05, 0.1) is 18.1 Å². The Kier molecular flexibility index (Phi) is 4.35. The Morgan fingerprint density at radius 1 is 1.53 bits per heavy atom. The number of hydrogen-bond acceptors (Lipinski definition) is 3. The lowest BCUT2D eigenvalue weighted by Crippen LogP contribution is -2.28. The van der Waals surface area contributed by atoms with Gasteiger partial charge in [-0.3, -0.25) is 0 Å². The molecule has 0 aliphatic heterocycles. The summed E-state index contributed by atoms with van der Waals surface area (Å²) in [5.41, 5.74) is 0. The lowest BCUT2D eigenvalue weighted by molar-refractivity contribution is 0.459. The first-order valence-electron chi connectivity index (χ1n) is 5.08. The van der Waals surface area contributed by atoms with E-state index in [4.69, 9.17) is 4.42 Å². The van der Waals surface area contributed by atoms with Gasteiger partial charge >= 0.3 is 0 Å². The highest BCUT2D eigenvalue weighted by Gasteiger charge is 2.16.